The van der Waals surface area contributed by atoms with Crippen LogP contribution in [0, 0.1) is 16.7 Å². The molecule has 1 aliphatic carbocycles. The molecular weight excluding hydrogens is 244 g/mol. The average Bonchev–Trinajstić information content (AvgIpc) is 2.67. The fraction of sp³-hybridized carbons (Fsp3) is 0.308. The summed E-state index contributed by atoms with van der Waals surface area (Å²) in [6, 6.07) is 7.19. The van der Waals surface area contributed by atoms with Crippen LogP contribution in [-0.4, -0.2) is 15.9 Å². The van der Waals surface area contributed by atoms with E-state index in [-0.39, 0.29) is 11.6 Å². The second-order valence-corrected chi connectivity index (χ2v) is 4.84. The number of nitrogens with zero attached hydrogens (tertiary/aromatic N) is 1. The number of anilines is 1. The van der Waals surface area contributed by atoms with Crippen molar-refractivity contribution >= 4 is 22.6 Å². The number of nitriles is 1. The van der Waals surface area contributed by atoms with Gasteiger partial charge in [-0.1, -0.05) is 0 Å². The Kier molecular flexibility index (Phi) is 2.42. The number of aromatic amines is 2. The summed E-state index contributed by atoms with van der Waals surface area (Å²) in [4.78, 5) is 28.5. The normalized spacial score (nSPS) is 16.6. The van der Waals surface area contributed by atoms with Crippen molar-refractivity contribution in [3.05, 3.63) is 28.7 Å². The van der Waals surface area contributed by atoms with Gasteiger partial charge >= 0.3 is 5.69 Å². The van der Waals surface area contributed by atoms with Crippen LogP contribution in [0.2, 0.25) is 0 Å². The lowest BCUT2D eigenvalue weighted by Crippen LogP contribution is -2.40. The zero-order chi connectivity index (χ0) is 13.5. The van der Waals surface area contributed by atoms with E-state index in [0.29, 0.717) is 29.6 Å². The number of hydrogen-bond acceptors (Lipinski definition) is 3. The Hall–Kier alpha value is -2.55. The molecule has 0 aliphatic heterocycles. The van der Waals surface area contributed by atoms with E-state index in [9.17, 15) is 9.59 Å². The summed E-state index contributed by atoms with van der Waals surface area (Å²) < 4.78 is 0. The van der Waals surface area contributed by atoms with E-state index in [4.69, 9.17) is 5.26 Å². The van der Waals surface area contributed by atoms with Gasteiger partial charge in [0.1, 0.15) is 5.41 Å². The number of benzene rings is 1. The highest BCUT2D eigenvalue weighted by Gasteiger charge is 2.44. The molecule has 1 heterocycles. The molecule has 0 bridgehead atoms. The van der Waals surface area contributed by atoms with Crippen LogP contribution in [0.25, 0.3) is 11.0 Å². The van der Waals surface area contributed by atoms with E-state index >= 15 is 0 Å². The molecule has 6 heteroatoms. The first-order chi connectivity index (χ1) is 9.13. The van der Waals surface area contributed by atoms with Crippen LogP contribution < -0.4 is 11.0 Å². The summed E-state index contributed by atoms with van der Waals surface area (Å²) >= 11 is 0. The van der Waals surface area contributed by atoms with Gasteiger partial charge in [-0.25, -0.2) is 4.79 Å². The molecule has 3 rings (SSSR count). The molecule has 0 radical (unpaired) electrons. The van der Waals surface area contributed by atoms with E-state index in [1.165, 1.54) is 0 Å². The molecule has 0 saturated heterocycles. The van der Waals surface area contributed by atoms with Gasteiger partial charge < -0.3 is 15.3 Å². The summed E-state index contributed by atoms with van der Waals surface area (Å²) in [5.41, 5.74) is 0.727. The Morgan fingerprint density at radius 2 is 2.05 bits per heavy atom. The Bertz CT molecular complexity index is 746. The fourth-order valence-corrected chi connectivity index (χ4v) is 2.28. The van der Waals surface area contributed by atoms with Crippen LogP contribution in [-0.2, 0) is 4.79 Å². The zero-order valence-corrected chi connectivity index (χ0v) is 10.1. The topological polar surface area (TPSA) is 102 Å². The number of H-pyrrole nitrogens is 2. The van der Waals surface area contributed by atoms with Crippen molar-refractivity contribution in [3.8, 4) is 6.07 Å². The summed E-state index contributed by atoms with van der Waals surface area (Å²) in [5.74, 6) is -0.265. The van der Waals surface area contributed by atoms with Gasteiger partial charge in [-0.3, -0.25) is 4.79 Å². The van der Waals surface area contributed by atoms with Gasteiger partial charge in [0.2, 0.25) is 5.91 Å². The van der Waals surface area contributed by atoms with Gasteiger partial charge in [-0.05, 0) is 37.5 Å². The molecule has 6 nitrogen and oxygen atoms in total. The minimum absolute atomic E-state index is 0.265. The fourth-order valence-electron chi connectivity index (χ4n) is 2.28. The smallest absolute Gasteiger partial charge is 0.323 e. The Morgan fingerprint density at radius 1 is 1.32 bits per heavy atom. The Labute approximate surface area is 108 Å². The number of carbonyl (C=O) groups is 1. The second-order valence-electron chi connectivity index (χ2n) is 4.84. The number of hydrogen-bond donors (Lipinski definition) is 3. The molecule has 0 unspecified atom stereocenters. The minimum Gasteiger partial charge on any atom is -0.325 e. The number of imidazole rings is 1. The molecule has 3 N–H and O–H groups in total. The van der Waals surface area contributed by atoms with Crippen molar-refractivity contribution in [2.24, 2.45) is 5.41 Å². The van der Waals surface area contributed by atoms with Crippen LogP contribution in [0.4, 0.5) is 5.69 Å². The summed E-state index contributed by atoms with van der Waals surface area (Å²) in [6.45, 7) is 0. The van der Waals surface area contributed by atoms with E-state index in [1.54, 1.807) is 18.2 Å². The summed E-state index contributed by atoms with van der Waals surface area (Å²) in [5, 5.41) is 11.8. The number of fused-ring (bicyclic) bond motifs is 1. The molecule has 96 valence electrons. The van der Waals surface area contributed by atoms with Crippen molar-refractivity contribution in [1.82, 2.24) is 9.97 Å². The van der Waals surface area contributed by atoms with E-state index in [1.807, 2.05) is 0 Å². The number of rotatable bonds is 2. The van der Waals surface area contributed by atoms with E-state index in [2.05, 4.69) is 21.4 Å². The van der Waals surface area contributed by atoms with Gasteiger partial charge in [-0.15, -0.1) is 0 Å². The van der Waals surface area contributed by atoms with Gasteiger partial charge in [0.15, 0.2) is 0 Å². The lowest BCUT2D eigenvalue weighted by atomic mass is 9.69. The number of amides is 1. The molecule has 1 aromatic heterocycles. The first kappa shape index (κ1) is 11.5. The predicted octanol–water partition coefficient (Wildman–Crippen LogP) is 1.49. The molecule has 1 aromatic carbocycles. The SMILES string of the molecule is N#CC1(C(=O)Nc2ccc3[nH]c(=O)[nH]c3c2)CCC1. The first-order valence-corrected chi connectivity index (χ1v) is 6.08. The maximum absolute atomic E-state index is 12.1. The van der Waals surface area contributed by atoms with E-state index < -0.39 is 5.41 Å². The first-order valence-electron chi connectivity index (χ1n) is 6.08. The Balaban J connectivity index is 1.87. The largest absolute Gasteiger partial charge is 0.325 e. The van der Waals surface area contributed by atoms with Crippen molar-refractivity contribution in [2.45, 2.75) is 19.3 Å². The van der Waals surface area contributed by atoms with Crippen molar-refractivity contribution < 1.29 is 4.79 Å². The highest BCUT2D eigenvalue weighted by Crippen LogP contribution is 2.41. The van der Waals surface area contributed by atoms with Crippen LogP contribution >= 0.6 is 0 Å². The third-order valence-corrected chi connectivity index (χ3v) is 3.63. The van der Waals surface area contributed by atoms with Gasteiger partial charge in [0.25, 0.3) is 0 Å². The quantitative estimate of drug-likeness (QED) is 0.758. The van der Waals surface area contributed by atoms with Crippen molar-refractivity contribution in [1.29, 1.82) is 5.26 Å². The molecule has 1 saturated carbocycles. The molecule has 1 amide bonds. The Morgan fingerprint density at radius 3 is 2.68 bits per heavy atom. The lowest BCUT2D eigenvalue weighted by molar-refractivity contribution is -0.126. The maximum atomic E-state index is 12.1. The molecule has 1 fully saturated rings. The molecule has 1 aliphatic rings. The molecule has 19 heavy (non-hydrogen) atoms. The third-order valence-electron chi connectivity index (χ3n) is 3.63. The van der Waals surface area contributed by atoms with Gasteiger partial charge in [0.05, 0.1) is 17.1 Å². The monoisotopic (exact) mass is 256 g/mol. The number of carbonyl (C=O) groups excluding carboxylic acids is 1. The zero-order valence-electron chi connectivity index (χ0n) is 10.1. The maximum Gasteiger partial charge on any atom is 0.323 e. The summed E-state index contributed by atoms with van der Waals surface area (Å²) in [6.07, 6.45) is 2.13. The third kappa shape index (κ3) is 1.80. The van der Waals surface area contributed by atoms with Crippen molar-refractivity contribution in [3.63, 3.8) is 0 Å². The molecule has 0 spiro atoms. The second kappa shape index (κ2) is 3.99. The molecule has 2 aromatic rings. The summed E-state index contributed by atoms with van der Waals surface area (Å²) in [7, 11) is 0. The standard InChI is InChI=1S/C13H12N4O2/c14-7-13(4-1-5-13)11(18)15-8-2-3-9-10(6-8)17-12(19)16-9/h2-3,6H,1,4-5H2,(H,15,18)(H2,16,17,19). The predicted molar refractivity (Wildman–Crippen MR) is 69.4 cm³/mol. The van der Waals surface area contributed by atoms with Gasteiger partial charge in [-0.2, -0.15) is 5.26 Å². The highest BCUT2D eigenvalue weighted by atomic mass is 16.2. The van der Waals surface area contributed by atoms with Crippen LogP contribution in [0.3, 0.4) is 0 Å². The average molecular weight is 256 g/mol. The number of nitrogens with one attached hydrogen (secondary N) is 3. The van der Waals surface area contributed by atoms with Crippen LogP contribution in [0.5, 0.6) is 0 Å². The van der Waals surface area contributed by atoms with Crippen LogP contribution in [0.1, 0.15) is 19.3 Å². The molecular formula is C13H12N4O2. The van der Waals surface area contributed by atoms with Crippen molar-refractivity contribution in [2.75, 3.05) is 5.32 Å². The number of aromatic nitrogens is 2. The van der Waals surface area contributed by atoms with E-state index in [0.717, 1.165) is 6.42 Å². The highest BCUT2D eigenvalue weighted by molar-refractivity contribution is 5.99. The minimum atomic E-state index is -0.874. The van der Waals surface area contributed by atoms with Gasteiger partial charge in [0, 0.05) is 5.69 Å². The molecule has 0 atom stereocenters. The lowest BCUT2D eigenvalue weighted by Gasteiger charge is -2.33. The van der Waals surface area contributed by atoms with Crippen LogP contribution in [0.15, 0.2) is 23.0 Å².